The standard InChI is InChI=1S/C13H12N2O2S/c1-8-7-14-13(18)15-12(8)9-2-3-10-11(6-9)17-5-4-16-10/h2-3,6-7H,4-5H2,1H3,(H,14,15,18). The second-order valence-electron chi connectivity index (χ2n) is 4.10. The molecule has 2 heterocycles. The summed E-state index contributed by atoms with van der Waals surface area (Å²) in [5.74, 6) is 1.56. The number of H-pyrrole nitrogens is 1. The Morgan fingerprint density at radius 1 is 1.22 bits per heavy atom. The van der Waals surface area contributed by atoms with Gasteiger partial charge in [0.15, 0.2) is 16.3 Å². The van der Waals surface area contributed by atoms with Crippen molar-refractivity contribution in [2.45, 2.75) is 6.92 Å². The summed E-state index contributed by atoms with van der Waals surface area (Å²) in [4.78, 5) is 7.16. The van der Waals surface area contributed by atoms with Gasteiger partial charge in [0.05, 0.1) is 5.69 Å². The number of aromatic nitrogens is 2. The van der Waals surface area contributed by atoms with Crippen LogP contribution in [-0.4, -0.2) is 23.2 Å². The second-order valence-corrected chi connectivity index (χ2v) is 4.49. The van der Waals surface area contributed by atoms with Gasteiger partial charge in [0.25, 0.3) is 0 Å². The Kier molecular flexibility index (Phi) is 2.76. The van der Waals surface area contributed by atoms with Crippen molar-refractivity contribution < 1.29 is 9.47 Å². The minimum Gasteiger partial charge on any atom is -0.486 e. The summed E-state index contributed by atoms with van der Waals surface area (Å²) in [6, 6.07) is 5.86. The first-order valence-corrected chi connectivity index (χ1v) is 6.11. The third kappa shape index (κ3) is 1.97. The molecule has 5 heteroatoms. The molecule has 92 valence electrons. The van der Waals surface area contributed by atoms with Gasteiger partial charge in [-0.3, -0.25) is 0 Å². The van der Waals surface area contributed by atoms with Gasteiger partial charge in [-0.05, 0) is 42.9 Å². The predicted molar refractivity (Wildman–Crippen MR) is 70.6 cm³/mol. The SMILES string of the molecule is Cc1cnc(=S)[nH]c1-c1ccc2c(c1)OCCO2. The molecule has 4 nitrogen and oxygen atoms in total. The summed E-state index contributed by atoms with van der Waals surface area (Å²) in [5.41, 5.74) is 3.03. The summed E-state index contributed by atoms with van der Waals surface area (Å²) in [7, 11) is 0. The molecule has 2 aromatic rings. The molecule has 0 unspecified atom stereocenters. The van der Waals surface area contributed by atoms with Gasteiger partial charge in [-0.2, -0.15) is 0 Å². The fourth-order valence-electron chi connectivity index (χ4n) is 1.96. The molecule has 0 amide bonds. The molecule has 0 bridgehead atoms. The zero-order valence-corrected chi connectivity index (χ0v) is 10.7. The smallest absolute Gasteiger partial charge is 0.197 e. The van der Waals surface area contributed by atoms with Gasteiger partial charge in [0.2, 0.25) is 0 Å². The molecule has 0 aliphatic carbocycles. The Morgan fingerprint density at radius 2 is 2.00 bits per heavy atom. The molecule has 3 rings (SSSR count). The number of fused-ring (bicyclic) bond motifs is 1. The van der Waals surface area contributed by atoms with Crippen LogP contribution in [0.1, 0.15) is 5.56 Å². The average Bonchev–Trinajstić information content (AvgIpc) is 2.41. The maximum atomic E-state index is 5.58. The van der Waals surface area contributed by atoms with Crippen molar-refractivity contribution in [3.8, 4) is 22.8 Å². The van der Waals surface area contributed by atoms with Crippen LogP contribution in [0.2, 0.25) is 0 Å². The summed E-state index contributed by atoms with van der Waals surface area (Å²) in [6.45, 7) is 3.18. The lowest BCUT2D eigenvalue weighted by Crippen LogP contribution is -2.15. The van der Waals surface area contributed by atoms with E-state index in [0.29, 0.717) is 18.0 Å². The van der Waals surface area contributed by atoms with Crippen molar-refractivity contribution in [3.05, 3.63) is 34.7 Å². The monoisotopic (exact) mass is 260 g/mol. The largest absolute Gasteiger partial charge is 0.486 e. The number of hydrogen-bond acceptors (Lipinski definition) is 4. The second kappa shape index (κ2) is 4.42. The number of aromatic amines is 1. The quantitative estimate of drug-likeness (QED) is 0.801. The number of benzene rings is 1. The van der Waals surface area contributed by atoms with Crippen LogP contribution in [0.15, 0.2) is 24.4 Å². The molecule has 18 heavy (non-hydrogen) atoms. The molecule has 0 radical (unpaired) electrons. The molecule has 1 aromatic carbocycles. The van der Waals surface area contributed by atoms with Gasteiger partial charge in [0, 0.05) is 11.8 Å². The summed E-state index contributed by atoms with van der Waals surface area (Å²) < 4.78 is 11.6. The van der Waals surface area contributed by atoms with Crippen molar-refractivity contribution in [2.75, 3.05) is 13.2 Å². The summed E-state index contributed by atoms with van der Waals surface area (Å²) >= 11 is 5.06. The van der Waals surface area contributed by atoms with E-state index in [1.54, 1.807) is 6.20 Å². The Balaban J connectivity index is 2.11. The molecule has 0 saturated heterocycles. The zero-order chi connectivity index (χ0) is 12.5. The lowest BCUT2D eigenvalue weighted by Gasteiger charge is -2.19. The van der Waals surface area contributed by atoms with Gasteiger partial charge in [0.1, 0.15) is 13.2 Å². The highest BCUT2D eigenvalue weighted by molar-refractivity contribution is 7.71. The van der Waals surface area contributed by atoms with E-state index in [9.17, 15) is 0 Å². The molecule has 0 spiro atoms. The van der Waals surface area contributed by atoms with Crippen molar-refractivity contribution >= 4 is 12.2 Å². The van der Waals surface area contributed by atoms with Gasteiger partial charge in [-0.25, -0.2) is 4.98 Å². The topological polar surface area (TPSA) is 47.1 Å². The molecule has 0 saturated carbocycles. The van der Waals surface area contributed by atoms with E-state index in [4.69, 9.17) is 21.7 Å². The molecular formula is C13H12N2O2S. The Morgan fingerprint density at radius 3 is 2.83 bits per heavy atom. The Labute approximate surface area is 110 Å². The summed E-state index contributed by atoms with van der Waals surface area (Å²) in [5, 5.41) is 0. The molecule has 0 fully saturated rings. The van der Waals surface area contributed by atoms with Crippen LogP contribution in [0.25, 0.3) is 11.3 Å². The van der Waals surface area contributed by atoms with Crippen molar-refractivity contribution in [1.82, 2.24) is 9.97 Å². The predicted octanol–water partition coefficient (Wildman–Crippen LogP) is 2.89. The van der Waals surface area contributed by atoms with E-state index in [-0.39, 0.29) is 0 Å². The van der Waals surface area contributed by atoms with Gasteiger partial charge < -0.3 is 14.5 Å². The molecule has 1 aromatic heterocycles. The number of hydrogen-bond donors (Lipinski definition) is 1. The fourth-order valence-corrected chi connectivity index (χ4v) is 2.11. The van der Waals surface area contributed by atoms with Crippen LogP contribution in [0.5, 0.6) is 11.5 Å². The highest BCUT2D eigenvalue weighted by Crippen LogP contribution is 2.34. The maximum Gasteiger partial charge on any atom is 0.197 e. The van der Waals surface area contributed by atoms with Crippen LogP contribution in [-0.2, 0) is 0 Å². The van der Waals surface area contributed by atoms with Crippen LogP contribution < -0.4 is 9.47 Å². The highest BCUT2D eigenvalue weighted by atomic mass is 32.1. The molecule has 0 atom stereocenters. The molecule has 1 aliphatic rings. The minimum atomic E-state index is 0.477. The lowest BCUT2D eigenvalue weighted by atomic mass is 10.1. The van der Waals surface area contributed by atoms with Crippen molar-refractivity contribution in [3.63, 3.8) is 0 Å². The number of aryl methyl sites for hydroxylation is 1. The summed E-state index contributed by atoms with van der Waals surface area (Å²) in [6.07, 6.45) is 1.77. The van der Waals surface area contributed by atoms with Crippen molar-refractivity contribution in [2.24, 2.45) is 0 Å². The number of ether oxygens (including phenoxy) is 2. The van der Waals surface area contributed by atoms with Crippen LogP contribution in [0.4, 0.5) is 0 Å². The Bertz CT molecular complexity index is 652. The highest BCUT2D eigenvalue weighted by Gasteiger charge is 2.13. The van der Waals surface area contributed by atoms with Crippen LogP contribution >= 0.6 is 12.2 Å². The van der Waals surface area contributed by atoms with E-state index < -0.39 is 0 Å². The third-order valence-corrected chi connectivity index (χ3v) is 3.04. The minimum absolute atomic E-state index is 0.477. The van der Waals surface area contributed by atoms with Gasteiger partial charge in [-0.1, -0.05) is 0 Å². The first kappa shape index (κ1) is 11.2. The maximum absolute atomic E-state index is 5.58. The zero-order valence-electron chi connectivity index (χ0n) is 9.90. The lowest BCUT2D eigenvalue weighted by molar-refractivity contribution is 0.171. The number of rotatable bonds is 1. The Hall–Kier alpha value is -1.88. The van der Waals surface area contributed by atoms with Gasteiger partial charge in [-0.15, -0.1) is 0 Å². The molecular weight excluding hydrogens is 248 g/mol. The van der Waals surface area contributed by atoms with E-state index in [1.807, 2.05) is 25.1 Å². The van der Waals surface area contributed by atoms with Crippen molar-refractivity contribution in [1.29, 1.82) is 0 Å². The molecule has 1 aliphatic heterocycles. The third-order valence-electron chi connectivity index (χ3n) is 2.83. The fraction of sp³-hybridized carbons (Fsp3) is 0.231. The van der Waals surface area contributed by atoms with Gasteiger partial charge >= 0.3 is 0 Å². The van der Waals surface area contributed by atoms with E-state index in [1.165, 1.54) is 0 Å². The first-order chi connectivity index (χ1) is 8.74. The van der Waals surface area contributed by atoms with Crippen LogP contribution in [0.3, 0.4) is 0 Å². The van der Waals surface area contributed by atoms with E-state index in [0.717, 1.165) is 28.3 Å². The number of nitrogens with zero attached hydrogens (tertiary/aromatic N) is 1. The average molecular weight is 260 g/mol. The molecule has 1 N–H and O–H groups in total. The first-order valence-electron chi connectivity index (χ1n) is 5.70. The van der Waals surface area contributed by atoms with E-state index >= 15 is 0 Å². The van der Waals surface area contributed by atoms with Crippen LogP contribution in [0, 0.1) is 11.7 Å². The number of nitrogens with one attached hydrogen (secondary N) is 1. The normalized spacial score (nSPS) is 13.4. The van der Waals surface area contributed by atoms with E-state index in [2.05, 4.69) is 9.97 Å².